The molecule has 1 saturated carbocycles. The van der Waals surface area contributed by atoms with E-state index in [4.69, 9.17) is 9.84 Å². The highest BCUT2D eigenvalue weighted by Gasteiger charge is 2.42. The first kappa shape index (κ1) is 22.6. The minimum absolute atomic E-state index is 0.00626. The van der Waals surface area contributed by atoms with Crippen molar-refractivity contribution in [3.05, 3.63) is 58.7 Å². The number of hydrogen-bond donors (Lipinski definition) is 1. The largest absolute Gasteiger partial charge is 0.481 e. The number of ether oxygens (including phenoxy) is 1. The predicted octanol–water partition coefficient (Wildman–Crippen LogP) is 6.36. The molecule has 1 N–H and O–H groups in total. The van der Waals surface area contributed by atoms with Gasteiger partial charge in [-0.05, 0) is 89.7 Å². The standard InChI is InChI=1S/C28H34O4/c1-5-32-27(31)23-15-21(20-8-6-18(7-9-20)14-25(29)30)16-24-26(23)22(12-13-28(24,3)4)17(2)19-10-11-19/h6-9,15-17,19,22H,5,10-14H2,1-4H3,(H,29,30). The van der Waals surface area contributed by atoms with Gasteiger partial charge in [0.25, 0.3) is 0 Å². The summed E-state index contributed by atoms with van der Waals surface area (Å²) in [7, 11) is 0. The Balaban J connectivity index is 1.84. The van der Waals surface area contributed by atoms with E-state index in [-0.39, 0.29) is 17.8 Å². The Morgan fingerprint density at radius 1 is 1.09 bits per heavy atom. The fourth-order valence-corrected chi connectivity index (χ4v) is 5.42. The number of benzene rings is 2. The van der Waals surface area contributed by atoms with Crippen LogP contribution in [-0.4, -0.2) is 23.7 Å². The second kappa shape index (κ2) is 8.73. The fourth-order valence-electron chi connectivity index (χ4n) is 5.42. The van der Waals surface area contributed by atoms with Crippen LogP contribution in [0.15, 0.2) is 36.4 Å². The number of fused-ring (bicyclic) bond motifs is 1. The van der Waals surface area contributed by atoms with Gasteiger partial charge in [-0.3, -0.25) is 4.79 Å². The summed E-state index contributed by atoms with van der Waals surface area (Å²) < 4.78 is 5.52. The molecule has 4 heteroatoms. The van der Waals surface area contributed by atoms with Crippen molar-refractivity contribution in [1.82, 2.24) is 0 Å². The highest BCUT2D eigenvalue weighted by atomic mass is 16.5. The third kappa shape index (κ3) is 4.46. The summed E-state index contributed by atoms with van der Waals surface area (Å²) in [5.41, 5.74) is 5.89. The molecule has 0 bridgehead atoms. The fraction of sp³-hybridized carbons (Fsp3) is 0.500. The van der Waals surface area contributed by atoms with E-state index in [1.165, 1.54) is 24.0 Å². The summed E-state index contributed by atoms with van der Waals surface area (Å²) in [6, 6.07) is 11.9. The Morgan fingerprint density at radius 3 is 2.38 bits per heavy atom. The summed E-state index contributed by atoms with van der Waals surface area (Å²) in [5, 5.41) is 9.05. The van der Waals surface area contributed by atoms with Gasteiger partial charge in [-0.15, -0.1) is 0 Å². The molecule has 2 aromatic rings. The van der Waals surface area contributed by atoms with Crippen molar-refractivity contribution >= 4 is 11.9 Å². The van der Waals surface area contributed by atoms with E-state index < -0.39 is 5.97 Å². The van der Waals surface area contributed by atoms with Crippen LogP contribution < -0.4 is 0 Å². The van der Waals surface area contributed by atoms with Gasteiger partial charge in [0, 0.05) is 0 Å². The lowest BCUT2D eigenvalue weighted by Crippen LogP contribution is -2.31. The maximum Gasteiger partial charge on any atom is 0.338 e. The molecule has 0 radical (unpaired) electrons. The first-order chi connectivity index (χ1) is 15.2. The molecule has 170 valence electrons. The second-order valence-corrected chi connectivity index (χ2v) is 10.2. The Morgan fingerprint density at radius 2 is 1.78 bits per heavy atom. The van der Waals surface area contributed by atoms with E-state index in [1.54, 1.807) is 0 Å². The monoisotopic (exact) mass is 434 g/mol. The average molecular weight is 435 g/mol. The molecule has 2 unspecified atom stereocenters. The molecule has 0 aliphatic heterocycles. The summed E-state index contributed by atoms with van der Waals surface area (Å²) in [6.07, 6.45) is 4.81. The quantitative estimate of drug-likeness (QED) is 0.515. The van der Waals surface area contributed by atoms with Gasteiger partial charge in [-0.2, -0.15) is 0 Å². The van der Waals surface area contributed by atoms with Crippen molar-refractivity contribution in [2.75, 3.05) is 6.61 Å². The third-order valence-electron chi connectivity index (χ3n) is 7.50. The number of carbonyl (C=O) groups excluding carboxylic acids is 1. The van der Waals surface area contributed by atoms with E-state index >= 15 is 0 Å². The van der Waals surface area contributed by atoms with Crippen LogP contribution in [0.4, 0.5) is 0 Å². The lowest BCUT2D eigenvalue weighted by Gasteiger charge is -2.41. The molecule has 0 amide bonds. The smallest absolute Gasteiger partial charge is 0.338 e. The number of carboxylic acids is 1. The molecule has 2 atom stereocenters. The molecule has 4 rings (SSSR count). The van der Waals surface area contributed by atoms with Gasteiger partial charge in [-0.1, -0.05) is 51.1 Å². The lowest BCUT2D eigenvalue weighted by atomic mass is 9.63. The number of aliphatic carboxylic acids is 1. The number of hydrogen-bond acceptors (Lipinski definition) is 3. The van der Waals surface area contributed by atoms with Crippen molar-refractivity contribution in [3.8, 4) is 11.1 Å². The summed E-state index contributed by atoms with van der Waals surface area (Å²) in [4.78, 5) is 24.2. The lowest BCUT2D eigenvalue weighted by molar-refractivity contribution is -0.136. The minimum Gasteiger partial charge on any atom is -0.481 e. The zero-order valence-corrected chi connectivity index (χ0v) is 19.6. The topological polar surface area (TPSA) is 63.6 Å². The van der Waals surface area contributed by atoms with Crippen LogP contribution in [0.1, 0.15) is 86.3 Å². The molecule has 32 heavy (non-hydrogen) atoms. The first-order valence-electron chi connectivity index (χ1n) is 11.9. The molecule has 0 spiro atoms. The van der Waals surface area contributed by atoms with Gasteiger partial charge in [0.2, 0.25) is 0 Å². The van der Waals surface area contributed by atoms with Crippen molar-refractivity contribution in [3.63, 3.8) is 0 Å². The maximum atomic E-state index is 13.2. The van der Waals surface area contributed by atoms with Crippen LogP contribution in [0.25, 0.3) is 11.1 Å². The molecular formula is C28H34O4. The number of rotatable bonds is 7. The highest BCUT2D eigenvalue weighted by molar-refractivity contribution is 5.94. The summed E-state index contributed by atoms with van der Waals surface area (Å²) in [6.45, 7) is 9.11. The van der Waals surface area contributed by atoms with Crippen molar-refractivity contribution in [2.45, 2.75) is 71.1 Å². The molecular weight excluding hydrogens is 400 g/mol. The molecule has 1 fully saturated rings. The van der Waals surface area contributed by atoms with Gasteiger partial charge in [0.05, 0.1) is 18.6 Å². The van der Waals surface area contributed by atoms with Gasteiger partial charge in [0.15, 0.2) is 0 Å². The Bertz CT molecular complexity index is 1010. The highest BCUT2D eigenvalue weighted by Crippen LogP contribution is 2.53. The number of carboxylic acid groups (broad SMARTS) is 1. The van der Waals surface area contributed by atoms with E-state index in [0.717, 1.165) is 35.4 Å². The first-order valence-corrected chi connectivity index (χ1v) is 11.9. The van der Waals surface area contributed by atoms with Crippen LogP contribution in [0, 0.1) is 11.8 Å². The van der Waals surface area contributed by atoms with Crippen LogP contribution >= 0.6 is 0 Å². The van der Waals surface area contributed by atoms with Crippen molar-refractivity contribution < 1.29 is 19.4 Å². The predicted molar refractivity (Wildman–Crippen MR) is 126 cm³/mol. The van der Waals surface area contributed by atoms with Gasteiger partial charge < -0.3 is 9.84 Å². The third-order valence-corrected chi connectivity index (χ3v) is 7.50. The van der Waals surface area contributed by atoms with Crippen LogP contribution in [0.5, 0.6) is 0 Å². The molecule has 4 nitrogen and oxygen atoms in total. The number of carbonyl (C=O) groups is 2. The second-order valence-electron chi connectivity index (χ2n) is 10.2. The van der Waals surface area contributed by atoms with Gasteiger partial charge in [0.1, 0.15) is 0 Å². The van der Waals surface area contributed by atoms with E-state index in [2.05, 4.69) is 26.8 Å². The molecule has 2 aromatic carbocycles. The zero-order chi connectivity index (χ0) is 23.0. The zero-order valence-electron chi connectivity index (χ0n) is 19.6. The van der Waals surface area contributed by atoms with Crippen LogP contribution in [0.2, 0.25) is 0 Å². The Hall–Kier alpha value is -2.62. The summed E-state index contributed by atoms with van der Waals surface area (Å²) in [5.74, 6) is 0.647. The molecule has 0 aromatic heterocycles. The SMILES string of the molecule is CCOC(=O)c1cc(-c2ccc(CC(=O)O)cc2)cc2c1C(C(C)C1CC1)CCC2(C)C. The Kier molecular flexibility index (Phi) is 6.15. The molecule has 2 aliphatic rings. The Labute approximate surface area is 191 Å². The summed E-state index contributed by atoms with van der Waals surface area (Å²) >= 11 is 0. The normalized spacial score (nSPS) is 20.3. The average Bonchev–Trinajstić information content (AvgIpc) is 3.59. The van der Waals surface area contributed by atoms with Crippen LogP contribution in [0.3, 0.4) is 0 Å². The minimum atomic E-state index is -0.839. The van der Waals surface area contributed by atoms with Gasteiger partial charge >= 0.3 is 11.9 Å². The molecule has 0 saturated heterocycles. The maximum absolute atomic E-state index is 13.2. The molecule has 2 aliphatic carbocycles. The molecule has 0 heterocycles. The number of esters is 1. The van der Waals surface area contributed by atoms with Crippen LogP contribution in [-0.2, 0) is 21.4 Å². The van der Waals surface area contributed by atoms with E-state index in [9.17, 15) is 9.59 Å². The van der Waals surface area contributed by atoms with E-state index in [1.807, 2.05) is 37.3 Å². The van der Waals surface area contributed by atoms with Crippen molar-refractivity contribution in [1.29, 1.82) is 0 Å². The van der Waals surface area contributed by atoms with E-state index in [0.29, 0.717) is 24.0 Å². The van der Waals surface area contributed by atoms with Crippen molar-refractivity contribution in [2.24, 2.45) is 11.8 Å². The van der Waals surface area contributed by atoms with Gasteiger partial charge in [-0.25, -0.2) is 4.79 Å².